The van der Waals surface area contributed by atoms with Gasteiger partial charge in [-0.1, -0.05) is 76.2 Å². The summed E-state index contributed by atoms with van der Waals surface area (Å²) in [5.74, 6) is 1.79. The van der Waals surface area contributed by atoms with Gasteiger partial charge < -0.3 is 54.9 Å². The number of primary amides is 1. The maximum absolute atomic E-state index is 14.5. The summed E-state index contributed by atoms with van der Waals surface area (Å²) in [5.41, 5.74) is 0.470. The van der Waals surface area contributed by atoms with Crippen molar-refractivity contribution in [2.24, 2.45) is 17.6 Å². The third kappa shape index (κ3) is 8.29. The van der Waals surface area contributed by atoms with Gasteiger partial charge in [0.1, 0.15) is 35.4 Å². The number of phenols is 1. The smallest absolute Gasteiger partial charge is 0.343 e. The SMILES string of the molecule is NC(=O)c1oc2cc(OC3OC4(C(=O)O)C=CC(=O)C5(OCSSCC(c6cc[nH]c6)C(C6CC#CCCC7C=CC(=CC6)c6ccccc67)CNC(O)C35O)C4O)ccc2c(=O)c1-c1ccc(O)cc1. The van der Waals surface area contributed by atoms with E-state index in [0.717, 1.165) is 41.3 Å². The minimum Gasteiger partial charge on any atom is -0.508 e. The number of nitrogens with two attached hydrogens (primary N) is 1. The fraction of sp³-hybridized carbons (Fsp3) is 0.321. The molecular weight excluding hydrogens is 951 g/mol. The molecule has 0 saturated carbocycles. The van der Waals surface area contributed by atoms with Crippen LogP contribution in [-0.2, 0) is 19.1 Å². The molecule has 3 aromatic carbocycles. The highest BCUT2D eigenvalue weighted by atomic mass is 33.1. The molecule has 1 spiro atoms. The molecule has 4 heterocycles. The van der Waals surface area contributed by atoms with Crippen molar-refractivity contribution in [2.75, 3.05) is 18.2 Å². The number of aromatic amines is 1. The lowest BCUT2D eigenvalue weighted by Gasteiger charge is -2.60. The molecule has 18 heteroatoms. The van der Waals surface area contributed by atoms with Crippen molar-refractivity contribution in [3.63, 3.8) is 0 Å². The van der Waals surface area contributed by atoms with Crippen LogP contribution in [0.5, 0.6) is 11.5 Å². The van der Waals surface area contributed by atoms with Crippen molar-refractivity contribution in [3.8, 4) is 34.5 Å². The number of aliphatic carboxylic acids is 1. The zero-order valence-electron chi connectivity index (χ0n) is 37.9. The Kier molecular flexibility index (Phi) is 13.1. The standard InChI is InChI=1S/C53H49N3O13S2/c54-46(60)45-43(32-14-16-34(57)17-15-32)44(59)38-19-18-35(24-41(38)68-45)67-50-52(65)48(62)56-26-39(30-7-3-1-2-6-29-10-12-31(13-11-30)37-9-5-4-8-36(29)37)40(33-21-23-55-25-33)27-70-71-28-66-53(52)42(58)20-22-51(69-50,47(53)61)49(63)64/h4-5,8-10,12-25,29-30,39-40,47-48,50,55-57,61-62,65H,2,6-7,11,26-28H2,(H2,54,60)(H,63,64). The molecule has 10 atom stereocenters. The maximum atomic E-state index is 14.5. The van der Waals surface area contributed by atoms with E-state index >= 15 is 0 Å². The molecule has 2 fully saturated rings. The van der Waals surface area contributed by atoms with E-state index in [4.69, 9.17) is 24.4 Å². The predicted octanol–water partition coefficient (Wildman–Crippen LogP) is 5.73. The number of nitrogens with one attached hydrogen (secondary N) is 2. The van der Waals surface area contributed by atoms with Gasteiger partial charge in [-0.2, -0.15) is 0 Å². The van der Waals surface area contributed by atoms with Gasteiger partial charge in [0, 0.05) is 49.5 Å². The number of ketones is 1. The Balaban J connectivity index is 1.06. The van der Waals surface area contributed by atoms with Gasteiger partial charge in [-0.05, 0) is 101 Å². The van der Waals surface area contributed by atoms with E-state index < -0.39 is 70.2 Å². The quantitative estimate of drug-likeness (QED) is 0.0715. The number of ether oxygens (including phenoxy) is 3. The minimum absolute atomic E-state index is 0.0119. The van der Waals surface area contributed by atoms with Crippen molar-refractivity contribution in [2.45, 2.75) is 72.9 Å². The number of hydrogen-bond donors (Lipinski definition) is 8. The number of carbonyl (C=O) groups is 3. The van der Waals surface area contributed by atoms with Crippen molar-refractivity contribution in [3.05, 3.63) is 148 Å². The lowest BCUT2D eigenvalue weighted by Crippen LogP contribution is -2.87. The molecule has 16 nitrogen and oxygen atoms in total. The number of aromatic hydroxyl groups is 1. The Morgan fingerprint density at radius 2 is 1.80 bits per heavy atom. The average molecular weight is 1000 g/mol. The molecule has 11 rings (SSSR count). The molecule has 5 aromatic rings. The van der Waals surface area contributed by atoms with Crippen molar-refractivity contribution < 1.29 is 58.5 Å². The average Bonchev–Trinajstić information content (AvgIpc) is 3.90. The summed E-state index contributed by atoms with van der Waals surface area (Å²) < 4.78 is 24.6. The van der Waals surface area contributed by atoms with E-state index in [2.05, 4.69) is 52.5 Å². The van der Waals surface area contributed by atoms with Gasteiger partial charge >= 0.3 is 5.97 Å². The first-order valence-electron chi connectivity index (χ1n) is 23.0. The summed E-state index contributed by atoms with van der Waals surface area (Å²) in [5, 5.41) is 61.9. The summed E-state index contributed by atoms with van der Waals surface area (Å²) in [6.07, 6.45) is 7.64. The number of aliphatic hydroxyl groups is 3. The predicted molar refractivity (Wildman–Crippen MR) is 265 cm³/mol. The molecule has 6 aliphatic rings. The molecule has 4 bridgehead atoms. The number of allylic oxidation sites excluding steroid dienone is 4. The number of aliphatic hydroxyl groups excluding tert-OH is 2. The largest absolute Gasteiger partial charge is 0.508 e. The Labute approximate surface area is 414 Å². The fourth-order valence-electron chi connectivity index (χ4n) is 10.7. The van der Waals surface area contributed by atoms with E-state index in [1.807, 2.05) is 30.6 Å². The number of H-pyrrole nitrogens is 1. The molecule has 4 aliphatic carbocycles. The van der Waals surface area contributed by atoms with Crippen LogP contribution in [0, 0.1) is 23.7 Å². The second-order valence-corrected chi connectivity index (χ2v) is 20.7. The monoisotopic (exact) mass is 999 g/mol. The first kappa shape index (κ1) is 48.2. The number of amides is 1. The lowest BCUT2D eigenvalue weighted by molar-refractivity contribution is -0.382. The topological polar surface area (TPSA) is 264 Å². The number of hydrogen-bond acceptors (Lipinski definition) is 15. The van der Waals surface area contributed by atoms with Crippen LogP contribution >= 0.6 is 21.6 Å². The molecule has 0 radical (unpaired) electrons. The third-order valence-electron chi connectivity index (χ3n) is 14.4. The van der Waals surface area contributed by atoms with Crippen LogP contribution < -0.4 is 21.2 Å². The molecule has 2 saturated heterocycles. The van der Waals surface area contributed by atoms with E-state index in [9.17, 15) is 44.7 Å². The van der Waals surface area contributed by atoms with Gasteiger partial charge in [-0.15, -0.1) is 11.8 Å². The molecule has 366 valence electrons. The number of benzene rings is 3. The Morgan fingerprint density at radius 1 is 0.986 bits per heavy atom. The normalized spacial score (nSPS) is 30.7. The first-order valence-corrected chi connectivity index (χ1v) is 25.5. The van der Waals surface area contributed by atoms with Gasteiger partial charge in [0.05, 0.1) is 10.9 Å². The van der Waals surface area contributed by atoms with Crippen LogP contribution in [0.3, 0.4) is 0 Å². The minimum atomic E-state index is -3.15. The number of carboxylic acid groups (broad SMARTS) is 1. The number of rotatable bonds is 7. The summed E-state index contributed by atoms with van der Waals surface area (Å²) in [7, 11) is 2.59. The van der Waals surface area contributed by atoms with Crippen LogP contribution in [0.2, 0.25) is 0 Å². The van der Waals surface area contributed by atoms with Gasteiger partial charge in [-0.25, -0.2) is 4.79 Å². The Hall–Kier alpha value is -6.40. The van der Waals surface area contributed by atoms with Crippen LogP contribution in [0.4, 0.5) is 0 Å². The van der Waals surface area contributed by atoms with Gasteiger partial charge in [-0.3, -0.25) is 19.7 Å². The molecule has 2 aromatic heterocycles. The highest BCUT2D eigenvalue weighted by molar-refractivity contribution is 8.76. The van der Waals surface area contributed by atoms with Gasteiger partial charge in [0.2, 0.25) is 28.7 Å². The molecule has 1 amide bonds. The van der Waals surface area contributed by atoms with Gasteiger partial charge in [0.15, 0.2) is 11.4 Å². The van der Waals surface area contributed by atoms with E-state index in [1.165, 1.54) is 63.5 Å². The van der Waals surface area contributed by atoms with Crippen molar-refractivity contribution in [1.82, 2.24) is 10.3 Å². The number of aromatic nitrogens is 1. The summed E-state index contributed by atoms with van der Waals surface area (Å²) in [6.45, 7) is -0.0119. The third-order valence-corrected chi connectivity index (χ3v) is 16.5. The Bertz CT molecular complexity index is 3120. The summed E-state index contributed by atoms with van der Waals surface area (Å²) in [4.78, 5) is 57.7. The van der Waals surface area contributed by atoms with Gasteiger partial charge in [0.25, 0.3) is 5.91 Å². The summed E-state index contributed by atoms with van der Waals surface area (Å²) >= 11 is 0. The van der Waals surface area contributed by atoms with Crippen molar-refractivity contribution in [1.29, 1.82) is 0 Å². The summed E-state index contributed by atoms with van der Waals surface area (Å²) in [6, 6.07) is 19.5. The van der Waals surface area contributed by atoms with E-state index in [0.29, 0.717) is 25.0 Å². The fourth-order valence-corrected chi connectivity index (χ4v) is 12.7. The second kappa shape index (κ2) is 19.3. The highest BCUT2D eigenvalue weighted by Crippen LogP contribution is 2.52. The van der Waals surface area contributed by atoms with Crippen LogP contribution in [0.25, 0.3) is 27.7 Å². The van der Waals surface area contributed by atoms with Crippen LogP contribution in [0.15, 0.2) is 125 Å². The van der Waals surface area contributed by atoms with Crippen LogP contribution in [0.1, 0.15) is 64.8 Å². The van der Waals surface area contributed by atoms with Crippen molar-refractivity contribution >= 4 is 55.8 Å². The Morgan fingerprint density at radius 3 is 2.58 bits per heavy atom. The second-order valence-electron chi connectivity index (χ2n) is 18.2. The molecule has 2 aliphatic heterocycles. The zero-order valence-corrected chi connectivity index (χ0v) is 39.5. The molecule has 9 N–H and O–H groups in total. The molecular formula is C53H49N3O13S2. The first-order chi connectivity index (χ1) is 34.3. The van der Waals surface area contributed by atoms with E-state index in [1.54, 1.807) is 0 Å². The molecule has 10 unspecified atom stereocenters. The number of carbonyl (C=O) groups excluding carboxylic acids is 2. The van der Waals surface area contributed by atoms with E-state index in [-0.39, 0.29) is 63.8 Å². The number of phenolic OH excluding ortho intramolecular Hbond substituents is 1. The maximum Gasteiger partial charge on any atom is 0.343 e. The number of fused-ring (bicyclic) bond motifs is 8. The number of carboxylic acids is 1. The lowest BCUT2D eigenvalue weighted by atomic mass is 9.63. The molecule has 71 heavy (non-hydrogen) atoms. The zero-order chi connectivity index (χ0) is 49.7. The highest BCUT2D eigenvalue weighted by Gasteiger charge is 2.80. The van der Waals surface area contributed by atoms with Crippen LogP contribution in [-0.4, -0.2) is 102 Å².